The molecule has 6 amide bonds. The Hall–Kier alpha value is -3.21. The summed E-state index contributed by atoms with van der Waals surface area (Å²) >= 11 is 0.695. The molecular weight excluding hydrogens is 439 g/mol. The largest absolute Gasteiger partial charge is 0.353 e. The molecule has 1 saturated carbocycles. The van der Waals surface area contributed by atoms with Crippen LogP contribution in [0.15, 0.2) is 29.2 Å². The Morgan fingerprint density at radius 3 is 2.59 bits per heavy atom. The minimum absolute atomic E-state index is 0.0430. The molecular formula is C21H21FN4O5S. The summed E-state index contributed by atoms with van der Waals surface area (Å²) in [5.74, 6) is -2.04. The van der Waals surface area contributed by atoms with E-state index in [2.05, 4.69) is 10.6 Å². The fourth-order valence-electron chi connectivity index (χ4n) is 4.07. The van der Waals surface area contributed by atoms with Gasteiger partial charge in [-0.3, -0.25) is 29.0 Å². The highest BCUT2D eigenvalue weighted by Gasteiger charge is 2.52. The molecule has 0 bridgehead atoms. The van der Waals surface area contributed by atoms with Gasteiger partial charge < -0.3 is 10.6 Å². The first-order chi connectivity index (χ1) is 15.3. The molecule has 1 aliphatic carbocycles. The number of carbonyl (C=O) groups excluding carboxylic acids is 5. The first kappa shape index (κ1) is 22.0. The summed E-state index contributed by atoms with van der Waals surface area (Å²) in [6.45, 7) is -0.560. The van der Waals surface area contributed by atoms with E-state index in [-0.39, 0.29) is 29.5 Å². The molecule has 2 heterocycles. The topological polar surface area (TPSA) is 116 Å². The van der Waals surface area contributed by atoms with Crippen LogP contribution in [-0.4, -0.2) is 64.0 Å². The summed E-state index contributed by atoms with van der Waals surface area (Å²) in [5.41, 5.74) is -0.691. The van der Waals surface area contributed by atoms with Crippen LogP contribution >= 0.6 is 11.8 Å². The van der Waals surface area contributed by atoms with Crippen molar-refractivity contribution in [1.29, 1.82) is 0 Å². The van der Waals surface area contributed by atoms with Gasteiger partial charge in [0.15, 0.2) is 0 Å². The molecule has 1 spiro atoms. The normalized spacial score (nSPS) is 21.2. The molecule has 0 atom stereocenters. The van der Waals surface area contributed by atoms with Crippen molar-refractivity contribution >= 4 is 46.8 Å². The molecule has 32 heavy (non-hydrogen) atoms. The third-order valence-corrected chi connectivity index (χ3v) is 6.64. The Morgan fingerprint density at radius 2 is 1.88 bits per heavy atom. The van der Waals surface area contributed by atoms with Crippen LogP contribution in [0, 0.1) is 5.82 Å². The van der Waals surface area contributed by atoms with Gasteiger partial charge in [-0.15, -0.1) is 0 Å². The quantitative estimate of drug-likeness (QED) is 0.494. The molecule has 2 saturated heterocycles. The summed E-state index contributed by atoms with van der Waals surface area (Å²) in [6, 6.07) is 5.31. The Labute approximate surface area is 187 Å². The van der Waals surface area contributed by atoms with E-state index in [0.29, 0.717) is 24.6 Å². The second-order valence-corrected chi connectivity index (χ2v) is 8.81. The van der Waals surface area contributed by atoms with Gasteiger partial charge >= 0.3 is 6.03 Å². The number of hydrogen-bond donors (Lipinski definition) is 2. The van der Waals surface area contributed by atoms with Crippen LogP contribution in [0.3, 0.4) is 0 Å². The van der Waals surface area contributed by atoms with Crippen LogP contribution in [0.1, 0.15) is 31.2 Å². The van der Waals surface area contributed by atoms with Crippen LogP contribution in [0.2, 0.25) is 0 Å². The standard InChI is InChI=1S/C21H21FN4O5S/c22-14-6-2-1-5-13(14)11-15-17(28)25(20(31)32-15)10-9-23-16(27)12-26-18(29)21(24-19(26)30)7-3-4-8-21/h1-2,5-6,11H,3-4,7-10,12H2,(H,23,27)(H,24,30). The van der Waals surface area contributed by atoms with Crippen molar-refractivity contribution in [2.24, 2.45) is 0 Å². The van der Waals surface area contributed by atoms with Crippen molar-refractivity contribution in [3.8, 4) is 0 Å². The number of nitrogens with one attached hydrogen (secondary N) is 2. The van der Waals surface area contributed by atoms with Gasteiger partial charge in [-0.1, -0.05) is 31.0 Å². The first-order valence-electron chi connectivity index (χ1n) is 10.2. The molecule has 9 nitrogen and oxygen atoms in total. The van der Waals surface area contributed by atoms with E-state index in [0.717, 1.165) is 22.6 Å². The molecule has 2 aliphatic heterocycles. The maximum atomic E-state index is 13.8. The van der Waals surface area contributed by atoms with E-state index >= 15 is 0 Å². The highest BCUT2D eigenvalue weighted by molar-refractivity contribution is 8.18. The summed E-state index contributed by atoms with van der Waals surface area (Å²) in [6.07, 6.45) is 4.13. The molecule has 3 aliphatic rings. The molecule has 1 aromatic carbocycles. The Bertz CT molecular complexity index is 1040. The summed E-state index contributed by atoms with van der Waals surface area (Å²) in [7, 11) is 0. The average Bonchev–Trinajstić information content (AvgIpc) is 3.39. The number of thioether (sulfide) groups is 1. The van der Waals surface area contributed by atoms with Crippen molar-refractivity contribution in [2.75, 3.05) is 19.6 Å². The third-order valence-electron chi connectivity index (χ3n) is 5.73. The van der Waals surface area contributed by atoms with Gasteiger partial charge in [0, 0.05) is 18.7 Å². The van der Waals surface area contributed by atoms with E-state index in [1.54, 1.807) is 6.07 Å². The maximum Gasteiger partial charge on any atom is 0.325 e. The summed E-state index contributed by atoms with van der Waals surface area (Å²) < 4.78 is 13.8. The van der Waals surface area contributed by atoms with Gasteiger partial charge in [0.05, 0.1) is 4.91 Å². The van der Waals surface area contributed by atoms with Crippen molar-refractivity contribution < 1.29 is 28.4 Å². The number of urea groups is 1. The number of nitrogens with zero attached hydrogens (tertiary/aromatic N) is 2. The molecule has 168 valence electrons. The van der Waals surface area contributed by atoms with Crippen molar-refractivity contribution in [1.82, 2.24) is 20.4 Å². The van der Waals surface area contributed by atoms with Gasteiger partial charge in [0.25, 0.3) is 17.1 Å². The molecule has 0 aromatic heterocycles. The van der Waals surface area contributed by atoms with Crippen LogP contribution in [0.5, 0.6) is 0 Å². The zero-order valence-electron chi connectivity index (χ0n) is 17.1. The molecule has 4 rings (SSSR count). The number of carbonyl (C=O) groups is 5. The second kappa shape index (κ2) is 8.73. The lowest BCUT2D eigenvalue weighted by Crippen LogP contribution is -2.46. The highest BCUT2D eigenvalue weighted by atomic mass is 32.2. The lowest BCUT2D eigenvalue weighted by molar-refractivity contribution is -0.134. The van der Waals surface area contributed by atoms with Gasteiger partial charge in [-0.25, -0.2) is 9.18 Å². The number of benzene rings is 1. The molecule has 3 fully saturated rings. The monoisotopic (exact) mass is 460 g/mol. The van der Waals surface area contributed by atoms with Crippen molar-refractivity contribution in [3.05, 3.63) is 40.6 Å². The van der Waals surface area contributed by atoms with E-state index < -0.39 is 41.0 Å². The fourth-order valence-corrected chi connectivity index (χ4v) is 4.93. The second-order valence-electron chi connectivity index (χ2n) is 7.82. The summed E-state index contributed by atoms with van der Waals surface area (Å²) in [4.78, 5) is 63.6. The molecule has 0 unspecified atom stereocenters. The average molecular weight is 460 g/mol. The van der Waals surface area contributed by atoms with E-state index in [4.69, 9.17) is 0 Å². The number of imide groups is 2. The SMILES string of the molecule is O=C(CN1C(=O)NC2(CCCC2)C1=O)NCCN1C(=O)SC(=Cc2ccccc2F)C1=O. The smallest absolute Gasteiger partial charge is 0.325 e. The fraction of sp³-hybridized carbons (Fsp3) is 0.381. The van der Waals surface area contributed by atoms with Crippen molar-refractivity contribution in [3.63, 3.8) is 0 Å². The minimum atomic E-state index is -0.885. The zero-order chi connectivity index (χ0) is 22.9. The van der Waals surface area contributed by atoms with Crippen LogP contribution < -0.4 is 10.6 Å². The van der Waals surface area contributed by atoms with E-state index in [9.17, 15) is 28.4 Å². The van der Waals surface area contributed by atoms with Crippen LogP contribution in [0.4, 0.5) is 14.0 Å². The van der Waals surface area contributed by atoms with Crippen LogP contribution in [-0.2, 0) is 14.4 Å². The number of amides is 6. The number of hydrogen-bond acceptors (Lipinski definition) is 6. The Morgan fingerprint density at radius 1 is 1.16 bits per heavy atom. The zero-order valence-corrected chi connectivity index (χ0v) is 17.9. The van der Waals surface area contributed by atoms with Crippen LogP contribution in [0.25, 0.3) is 6.08 Å². The van der Waals surface area contributed by atoms with Gasteiger partial charge in [-0.05, 0) is 36.7 Å². The number of halogens is 1. The Balaban J connectivity index is 1.30. The minimum Gasteiger partial charge on any atom is -0.353 e. The predicted molar refractivity (Wildman–Crippen MR) is 114 cm³/mol. The Kier molecular flexibility index (Phi) is 6.00. The highest BCUT2D eigenvalue weighted by Crippen LogP contribution is 2.35. The molecule has 1 aromatic rings. The molecule has 2 N–H and O–H groups in total. The van der Waals surface area contributed by atoms with E-state index in [1.807, 2.05) is 0 Å². The lowest BCUT2D eigenvalue weighted by atomic mass is 9.98. The van der Waals surface area contributed by atoms with Crippen molar-refractivity contribution in [2.45, 2.75) is 31.2 Å². The summed E-state index contributed by atoms with van der Waals surface area (Å²) in [5, 5.41) is 4.70. The number of rotatable bonds is 6. The predicted octanol–water partition coefficient (Wildman–Crippen LogP) is 1.84. The third kappa shape index (κ3) is 4.12. The maximum absolute atomic E-state index is 13.8. The van der Waals surface area contributed by atoms with E-state index in [1.165, 1.54) is 24.3 Å². The molecule has 11 heteroatoms. The first-order valence-corrected chi connectivity index (χ1v) is 11.0. The van der Waals surface area contributed by atoms with Gasteiger partial charge in [-0.2, -0.15) is 0 Å². The lowest BCUT2D eigenvalue weighted by Gasteiger charge is -2.20. The van der Waals surface area contributed by atoms with Gasteiger partial charge in [0.1, 0.15) is 17.9 Å². The van der Waals surface area contributed by atoms with Gasteiger partial charge in [0.2, 0.25) is 5.91 Å². The molecule has 0 radical (unpaired) electrons.